The Hall–Kier alpha value is -0.530. The lowest BCUT2D eigenvalue weighted by Crippen LogP contribution is -2.03. The number of carbonyl (C=O) groups is 1. The normalized spacial score (nSPS) is 11.0. The first-order valence-electron chi connectivity index (χ1n) is 9.32. The van der Waals surface area contributed by atoms with Gasteiger partial charge >= 0.3 is 5.97 Å². The highest BCUT2D eigenvalue weighted by atomic mass is 16.5. The second-order valence-electron chi connectivity index (χ2n) is 6.63. The first-order valence-corrected chi connectivity index (χ1v) is 9.32. The number of hydrogen-bond acceptors (Lipinski definition) is 2. The molecule has 0 aromatic carbocycles. The minimum Gasteiger partial charge on any atom is -0.466 e. The summed E-state index contributed by atoms with van der Waals surface area (Å²) >= 11 is 0. The summed E-state index contributed by atoms with van der Waals surface area (Å²) in [5.41, 5.74) is 0. The number of rotatable bonds is 15. The van der Waals surface area contributed by atoms with Crippen LogP contribution in [0.15, 0.2) is 0 Å². The number of esters is 1. The molecule has 0 unspecified atom stereocenters. The van der Waals surface area contributed by atoms with Crippen molar-refractivity contribution >= 4 is 5.97 Å². The van der Waals surface area contributed by atoms with E-state index in [9.17, 15) is 4.79 Å². The molecule has 0 atom stereocenters. The molecule has 0 aliphatic heterocycles. The van der Waals surface area contributed by atoms with Gasteiger partial charge in [-0.25, -0.2) is 0 Å². The largest absolute Gasteiger partial charge is 0.466 e. The summed E-state index contributed by atoms with van der Waals surface area (Å²) in [7, 11) is 0. The zero-order valence-electron chi connectivity index (χ0n) is 14.8. The van der Waals surface area contributed by atoms with Gasteiger partial charge in [-0.2, -0.15) is 0 Å². The van der Waals surface area contributed by atoms with Crippen molar-refractivity contribution in [3.05, 3.63) is 0 Å². The Balaban J connectivity index is 3.04. The average Bonchev–Trinajstić information content (AvgIpc) is 2.44. The molecule has 0 aromatic rings. The third-order valence-electron chi connectivity index (χ3n) is 3.97. The maximum atomic E-state index is 11.1. The van der Waals surface area contributed by atoms with Crippen molar-refractivity contribution in [1.82, 2.24) is 0 Å². The zero-order valence-corrected chi connectivity index (χ0v) is 14.8. The Morgan fingerprint density at radius 3 is 1.62 bits per heavy atom. The summed E-state index contributed by atoms with van der Waals surface area (Å²) in [5, 5.41) is 0. The molecule has 0 heterocycles. The minimum absolute atomic E-state index is 0.0324. The van der Waals surface area contributed by atoms with Crippen LogP contribution in [0.25, 0.3) is 0 Å². The van der Waals surface area contributed by atoms with Crippen LogP contribution in [0.5, 0.6) is 0 Å². The predicted molar refractivity (Wildman–Crippen MR) is 91.5 cm³/mol. The van der Waals surface area contributed by atoms with E-state index in [1.807, 2.05) is 6.92 Å². The van der Waals surface area contributed by atoms with Gasteiger partial charge in [-0.3, -0.25) is 4.79 Å². The third-order valence-corrected chi connectivity index (χ3v) is 3.97. The fourth-order valence-electron chi connectivity index (χ4n) is 2.65. The van der Waals surface area contributed by atoms with Gasteiger partial charge in [-0.1, -0.05) is 84.5 Å². The van der Waals surface area contributed by atoms with Crippen molar-refractivity contribution in [3.8, 4) is 0 Å². The van der Waals surface area contributed by atoms with E-state index in [1.54, 1.807) is 0 Å². The molecule has 0 rings (SSSR count). The van der Waals surface area contributed by atoms with E-state index in [0.29, 0.717) is 13.0 Å². The lowest BCUT2D eigenvalue weighted by molar-refractivity contribution is -0.143. The molecule has 0 aliphatic rings. The van der Waals surface area contributed by atoms with Crippen LogP contribution in [0.3, 0.4) is 0 Å². The van der Waals surface area contributed by atoms with E-state index in [-0.39, 0.29) is 5.97 Å². The van der Waals surface area contributed by atoms with Crippen molar-refractivity contribution < 1.29 is 9.53 Å². The second-order valence-corrected chi connectivity index (χ2v) is 6.63. The van der Waals surface area contributed by atoms with Crippen molar-refractivity contribution in [1.29, 1.82) is 0 Å². The lowest BCUT2D eigenvalue weighted by atomic mass is 10.0. The topological polar surface area (TPSA) is 26.3 Å². The quantitative estimate of drug-likeness (QED) is 0.263. The molecule has 0 aromatic heterocycles. The fourth-order valence-corrected chi connectivity index (χ4v) is 2.65. The molecule has 0 aliphatic carbocycles. The molecule has 0 fully saturated rings. The van der Waals surface area contributed by atoms with Crippen molar-refractivity contribution in [2.75, 3.05) is 6.61 Å². The smallest absolute Gasteiger partial charge is 0.305 e. The molecule has 0 N–H and O–H groups in total. The van der Waals surface area contributed by atoms with Crippen LogP contribution in [0.4, 0.5) is 0 Å². The van der Waals surface area contributed by atoms with Crippen LogP contribution in [-0.4, -0.2) is 12.6 Å². The van der Waals surface area contributed by atoms with Gasteiger partial charge in [0, 0.05) is 6.42 Å². The number of hydrogen-bond donors (Lipinski definition) is 0. The van der Waals surface area contributed by atoms with Crippen LogP contribution in [0, 0.1) is 5.92 Å². The summed E-state index contributed by atoms with van der Waals surface area (Å²) in [4.78, 5) is 11.1. The van der Waals surface area contributed by atoms with Gasteiger partial charge in [0.05, 0.1) is 6.61 Å². The molecule has 0 amide bonds. The summed E-state index contributed by atoms with van der Waals surface area (Å²) in [5.74, 6) is 0.837. The van der Waals surface area contributed by atoms with Gasteiger partial charge in [0.25, 0.3) is 0 Å². The molecule has 21 heavy (non-hydrogen) atoms. The third kappa shape index (κ3) is 17.4. The number of unbranched alkanes of at least 4 members (excludes halogenated alkanes) is 10. The Morgan fingerprint density at radius 1 is 0.762 bits per heavy atom. The van der Waals surface area contributed by atoms with E-state index in [2.05, 4.69) is 13.8 Å². The SMILES string of the molecule is CCOC(=O)CCCCCCCCCCCCCC(C)C. The molecule has 0 spiro atoms. The Kier molecular flexibility index (Phi) is 15.5. The monoisotopic (exact) mass is 298 g/mol. The highest BCUT2D eigenvalue weighted by molar-refractivity contribution is 5.69. The Bertz CT molecular complexity index is 224. The molecule has 0 bridgehead atoms. The van der Waals surface area contributed by atoms with Gasteiger partial charge in [0.15, 0.2) is 0 Å². The first kappa shape index (κ1) is 20.5. The molecule has 2 nitrogen and oxygen atoms in total. The van der Waals surface area contributed by atoms with Crippen LogP contribution in [-0.2, 0) is 9.53 Å². The Morgan fingerprint density at radius 2 is 1.19 bits per heavy atom. The van der Waals surface area contributed by atoms with E-state index >= 15 is 0 Å². The molecule has 0 saturated heterocycles. The van der Waals surface area contributed by atoms with Crippen LogP contribution >= 0.6 is 0 Å². The van der Waals surface area contributed by atoms with Crippen LogP contribution in [0.1, 0.15) is 104 Å². The minimum atomic E-state index is -0.0324. The molecule has 0 radical (unpaired) electrons. The van der Waals surface area contributed by atoms with Gasteiger partial charge in [-0.05, 0) is 19.3 Å². The molecule has 126 valence electrons. The van der Waals surface area contributed by atoms with Gasteiger partial charge in [0.1, 0.15) is 0 Å². The highest BCUT2D eigenvalue weighted by Crippen LogP contribution is 2.14. The molecule has 0 saturated carbocycles. The van der Waals surface area contributed by atoms with E-state index < -0.39 is 0 Å². The lowest BCUT2D eigenvalue weighted by Gasteiger charge is -2.05. The van der Waals surface area contributed by atoms with Gasteiger partial charge < -0.3 is 4.74 Å². The second kappa shape index (κ2) is 15.9. The van der Waals surface area contributed by atoms with Crippen LogP contribution < -0.4 is 0 Å². The average molecular weight is 299 g/mol. The van der Waals surface area contributed by atoms with Crippen LogP contribution in [0.2, 0.25) is 0 Å². The zero-order chi connectivity index (χ0) is 15.8. The van der Waals surface area contributed by atoms with Crippen molar-refractivity contribution in [2.24, 2.45) is 5.92 Å². The summed E-state index contributed by atoms with van der Waals surface area (Å²) < 4.78 is 4.92. The highest BCUT2D eigenvalue weighted by Gasteiger charge is 2.00. The maximum absolute atomic E-state index is 11.1. The van der Waals surface area contributed by atoms with E-state index in [1.165, 1.54) is 70.6 Å². The summed E-state index contributed by atoms with van der Waals surface area (Å²) in [6.07, 6.45) is 16.6. The van der Waals surface area contributed by atoms with Crippen molar-refractivity contribution in [3.63, 3.8) is 0 Å². The molecule has 2 heteroatoms. The predicted octanol–water partition coefficient (Wildman–Crippen LogP) is 6.28. The number of ether oxygens (including phenoxy) is 1. The van der Waals surface area contributed by atoms with Crippen molar-refractivity contribution in [2.45, 2.75) is 104 Å². The fraction of sp³-hybridized carbons (Fsp3) is 0.947. The maximum Gasteiger partial charge on any atom is 0.305 e. The summed E-state index contributed by atoms with van der Waals surface area (Å²) in [6.45, 7) is 7.00. The standard InChI is InChI=1S/C19H38O2/c1-4-21-19(20)17-15-13-11-9-7-5-6-8-10-12-14-16-18(2)3/h18H,4-17H2,1-3H3. The van der Waals surface area contributed by atoms with Gasteiger partial charge in [-0.15, -0.1) is 0 Å². The van der Waals surface area contributed by atoms with E-state index in [4.69, 9.17) is 4.74 Å². The first-order chi connectivity index (χ1) is 10.2. The van der Waals surface area contributed by atoms with Gasteiger partial charge in [0.2, 0.25) is 0 Å². The Labute approximate surface area is 133 Å². The summed E-state index contributed by atoms with van der Waals surface area (Å²) in [6, 6.07) is 0. The molecular formula is C19H38O2. The van der Waals surface area contributed by atoms with E-state index in [0.717, 1.165) is 12.3 Å². The molecular weight excluding hydrogens is 260 g/mol. The number of carbonyl (C=O) groups excluding carboxylic acids is 1.